The summed E-state index contributed by atoms with van der Waals surface area (Å²) in [6, 6.07) is 5.31. The molecular weight excluding hydrogens is 210 g/mol. The van der Waals surface area contributed by atoms with Crippen molar-refractivity contribution >= 4 is 11.7 Å². The highest BCUT2D eigenvalue weighted by atomic mass is 16.5. The maximum Gasteiger partial charge on any atom is 0.305 e. The number of methoxy groups -OCH3 is 2. The van der Waals surface area contributed by atoms with E-state index in [9.17, 15) is 4.79 Å². The fraction of sp³-hybridized carbons (Fsp3) is 0.364. The van der Waals surface area contributed by atoms with Crippen molar-refractivity contribution in [1.29, 1.82) is 0 Å². The number of hydrogen-bond acceptors (Lipinski definition) is 4. The van der Waals surface area contributed by atoms with Gasteiger partial charge in [0.05, 0.1) is 26.3 Å². The fourth-order valence-corrected chi connectivity index (χ4v) is 1.26. The highest BCUT2D eigenvalue weighted by Gasteiger charge is 2.05. The van der Waals surface area contributed by atoms with Gasteiger partial charge in [0, 0.05) is 12.6 Å². The van der Waals surface area contributed by atoms with Gasteiger partial charge in [0.1, 0.15) is 11.5 Å². The lowest BCUT2D eigenvalue weighted by molar-refractivity contribution is -0.136. The smallest absolute Gasteiger partial charge is 0.305 e. The molecule has 0 saturated carbocycles. The minimum Gasteiger partial charge on any atom is -0.497 e. The maximum absolute atomic E-state index is 10.4. The first kappa shape index (κ1) is 12.2. The van der Waals surface area contributed by atoms with Gasteiger partial charge in [0.15, 0.2) is 0 Å². The Morgan fingerprint density at radius 2 is 2.12 bits per heavy atom. The summed E-state index contributed by atoms with van der Waals surface area (Å²) >= 11 is 0. The molecule has 5 nitrogen and oxygen atoms in total. The van der Waals surface area contributed by atoms with Crippen molar-refractivity contribution in [2.24, 2.45) is 0 Å². The molecule has 0 unspecified atom stereocenters. The van der Waals surface area contributed by atoms with Crippen LogP contribution in [0, 0.1) is 0 Å². The summed E-state index contributed by atoms with van der Waals surface area (Å²) in [6.07, 6.45) is 0.0559. The van der Waals surface area contributed by atoms with Crippen molar-refractivity contribution in [3.63, 3.8) is 0 Å². The summed E-state index contributed by atoms with van der Waals surface area (Å²) in [5, 5.41) is 11.5. The van der Waals surface area contributed by atoms with Crippen molar-refractivity contribution in [2.75, 3.05) is 26.1 Å². The predicted molar refractivity (Wildman–Crippen MR) is 60.3 cm³/mol. The Bertz CT molecular complexity index is 365. The van der Waals surface area contributed by atoms with Crippen molar-refractivity contribution in [3.8, 4) is 11.5 Å². The molecule has 0 saturated heterocycles. The lowest BCUT2D eigenvalue weighted by Gasteiger charge is -2.11. The van der Waals surface area contributed by atoms with Gasteiger partial charge in [-0.05, 0) is 12.1 Å². The van der Waals surface area contributed by atoms with Gasteiger partial charge in [-0.25, -0.2) is 0 Å². The Labute approximate surface area is 94.0 Å². The third kappa shape index (κ3) is 3.34. The third-order valence-corrected chi connectivity index (χ3v) is 2.06. The summed E-state index contributed by atoms with van der Waals surface area (Å²) in [6.45, 7) is 0.346. The van der Waals surface area contributed by atoms with E-state index in [-0.39, 0.29) is 6.42 Å². The van der Waals surface area contributed by atoms with Crippen LogP contribution in [0.4, 0.5) is 5.69 Å². The number of carboxylic acids is 1. The monoisotopic (exact) mass is 225 g/mol. The normalized spacial score (nSPS) is 9.62. The summed E-state index contributed by atoms with van der Waals surface area (Å²) in [5.74, 6) is 0.513. The van der Waals surface area contributed by atoms with Gasteiger partial charge >= 0.3 is 5.97 Å². The molecule has 1 aromatic rings. The Morgan fingerprint density at radius 1 is 1.38 bits per heavy atom. The molecule has 0 amide bonds. The minimum absolute atomic E-state index is 0.0559. The highest BCUT2D eigenvalue weighted by molar-refractivity contribution is 5.68. The van der Waals surface area contributed by atoms with Crippen molar-refractivity contribution < 1.29 is 19.4 Å². The minimum atomic E-state index is -0.839. The molecule has 0 atom stereocenters. The fourth-order valence-electron chi connectivity index (χ4n) is 1.26. The molecule has 1 rings (SSSR count). The summed E-state index contributed by atoms with van der Waals surface area (Å²) < 4.78 is 10.2. The first-order valence-electron chi connectivity index (χ1n) is 4.85. The highest BCUT2D eigenvalue weighted by Crippen LogP contribution is 2.28. The molecule has 5 heteroatoms. The molecule has 0 fully saturated rings. The zero-order chi connectivity index (χ0) is 12.0. The zero-order valence-corrected chi connectivity index (χ0v) is 9.32. The molecule has 0 heterocycles. The van der Waals surface area contributed by atoms with Gasteiger partial charge in [-0.15, -0.1) is 0 Å². The van der Waals surface area contributed by atoms with Crippen LogP contribution in [-0.2, 0) is 4.79 Å². The topological polar surface area (TPSA) is 67.8 Å². The number of hydrogen-bond donors (Lipinski definition) is 2. The first-order chi connectivity index (χ1) is 7.67. The van der Waals surface area contributed by atoms with Gasteiger partial charge in [0.25, 0.3) is 0 Å². The van der Waals surface area contributed by atoms with Crippen molar-refractivity contribution in [2.45, 2.75) is 6.42 Å². The molecule has 16 heavy (non-hydrogen) atoms. The molecule has 1 aromatic carbocycles. The van der Waals surface area contributed by atoms with Gasteiger partial charge in [-0.3, -0.25) is 4.79 Å². The molecule has 0 bridgehead atoms. The molecule has 0 aliphatic carbocycles. The number of anilines is 1. The predicted octanol–water partition coefficient (Wildman–Crippen LogP) is 1.59. The number of carboxylic acid groups (broad SMARTS) is 1. The second-order valence-electron chi connectivity index (χ2n) is 3.14. The maximum atomic E-state index is 10.4. The molecule has 0 aliphatic heterocycles. The second-order valence-corrected chi connectivity index (χ2v) is 3.14. The molecule has 0 aliphatic rings. The van der Waals surface area contributed by atoms with E-state index >= 15 is 0 Å². The number of benzene rings is 1. The van der Waals surface area contributed by atoms with E-state index in [4.69, 9.17) is 14.6 Å². The Hall–Kier alpha value is -1.91. The molecule has 0 aromatic heterocycles. The lowest BCUT2D eigenvalue weighted by atomic mass is 10.2. The summed E-state index contributed by atoms with van der Waals surface area (Å²) in [4.78, 5) is 10.4. The average molecular weight is 225 g/mol. The summed E-state index contributed by atoms with van der Waals surface area (Å²) in [5.41, 5.74) is 0.725. The van der Waals surface area contributed by atoms with Crippen LogP contribution in [0.2, 0.25) is 0 Å². The van der Waals surface area contributed by atoms with E-state index in [2.05, 4.69) is 5.32 Å². The van der Waals surface area contributed by atoms with E-state index in [0.29, 0.717) is 18.0 Å². The number of carbonyl (C=O) groups is 1. The number of rotatable bonds is 6. The lowest BCUT2D eigenvalue weighted by Crippen LogP contribution is -2.08. The summed E-state index contributed by atoms with van der Waals surface area (Å²) in [7, 11) is 3.13. The van der Waals surface area contributed by atoms with Crippen LogP contribution in [0.1, 0.15) is 6.42 Å². The van der Waals surface area contributed by atoms with Gasteiger partial charge in [0.2, 0.25) is 0 Å². The van der Waals surface area contributed by atoms with Crippen LogP contribution in [0.3, 0.4) is 0 Å². The van der Waals surface area contributed by atoms with Crippen molar-refractivity contribution in [3.05, 3.63) is 18.2 Å². The van der Waals surface area contributed by atoms with Gasteiger partial charge in [-0.1, -0.05) is 0 Å². The average Bonchev–Trinajstić information content (AvgIpc) is 2.28. The van der Waals surface area contributed by atoms with Crippen LogP contribution in [0.15, 0.2) is 18.2 Å². The molecule has 2 N–H and O–H groups in total. The van der Waals surface area contributed by atoms with Crippen LogP contribution < -0.4 is 14.8 Å². The molecular formula is C11H15NO4. The van der Waals surface area contributed by atoms with Crippen LogP contribution >= 0.6 is 0 Å². The van der Waals surface area contributed by atoms with Gasteiger partial charge < -0.3 is 19.9 Å². The molecule has 0 radical (unpaired) electrons. The SMILES string of the molecule is COc1ccc(OC)c(NCCC(=O)O)c1. The van der Waals surface area contributed by atoms with Gasteiger partial charge in [-0.2, -0.15) is 0 Å². The Kier molecular flexibility index (Phi) is 4.44. The van der Waals surface area contributed by atoms with Crippen LogP contribution in [-0.4, -0.2) is 31.8 Å². The number of ether oxygens (including phenoxy) is 2. The first-order valence-corrected chi connectivity index (χ1v) is 4.85. The van der Waals surface area contributed by atoms with E-state index < -0.39 is 5.97 Å². The third-order valence-electron chi connectivity index (χ3n) is 2.06. The quantitative estimate of drug-likeness (QED) is 0.769. The van der Waals surface area contributed by atoms with E-state index in [1.54, 1.807) is 32.4 Å². The van der Waals surface area contributed by atoms with Crippen LogP contribution in [0.25, 0.3) is 0 Å². The van der Waals surface area contributed by atoms with Crippen molar-refractivity contribution in [1.82, 2.24) is 0 Å². The largest absolute Gasteiger partial charge is 0.497 e. The Balaban J connectivity index is 2.71. The van der Waals surface area contributed by atoms with Crippen LogP contribution in [0.5, 0.6) is 11.5 Å². The van der Waals surface area contributed by atoms with E-state index in [1.165, 1.54) is 0 Å². The molecule has 0 spiro atoms. The zero-order valence-electron chi connectivity index (χ0n) is 9.32. The van der Waals surface area contributed by atoms with E-state index in [0.717, 1.165) is 5.69 Å². The second kappa shape index (κ2) is 5.85. The standard InChI is InChI=1S/C11H15NO4/c1-15-8-3-4-10(16-2)9(7-8)12-6-5-11(13)14/h3-4,7,12H,5-6H2,1-2H3,(H,13,14). The number of nitrogens with one attached hydrogen (secondary N) is 1. The Morgan fingerprint density at radius 3 is 2.69 bits per heavy atom. The molecule has 88 valence electrons. The number of aliphatic carboxylic acids is 1. The van der Waals surface area contributed by atoms with E-state index in [1.807, 2.05) is 0 Å².